The first-order valence-electron chi connectivity index (χ1n) is 6.01. The van der Waals surface area contributed by atoms with Crippen LogP contribution in [0.2, 0.25) is 0 Å². The van der Waals surface area contributed by atoms with E-state index in [1.807, 2.05) is 0 Å². The molecule has 0 aromatic rings. The van der Waals surface area contributed by atoms with Crippen molar-refractivity contribution < 1.29 is 0 Å². The summed E-state index contributed by atoms with van der Waals surface area (Å²) in [6.45, 7) is 9.23. The largest absolute Gasteiger partial charge is 0.329 e. The number of nitrogens with zero attached hydrogens (tertiary/aromatic N) is 2. The molecule has 0 aromatic carbocycles. The van der Waals surface area contributed by atoms with E-state index < -0.39 is 0 Å². The van der Waals surface area contributed by atoms with Gasteiger partial charge in [-0.15, -0.1) is 0 Å². The van der Waals surface area contributed by atoms with E-state index in [2.05, 4.69) is 16.7 Å². The zero-order chi connectivity index (χ0) is 9.97. The minimum absolute atomic E-state index is 0.689. The Balaban J connectivity index is 1.80. The number of hydrogen-bond donors (Lipinski definition) is 1. The van der Waals surface area contributed by atoms with E-state index in [1.54, 1.807) is 0 Å². The maximum atomic E-state index is 5.86. The fraction of sp³-hybridized carbons (Fsp3) is 1.00. The molecule has 14 heavy (non-hydrogen) atoms. The van der Waals surface area contributed by atoms with Crippen molar-refractivity contribution in [2.45, 2.75) is 25.8 Å². The molecule has 2 fully saturated rings. The number of likely N-dealkylation sites (N-methyl/N-ethyl adjacent to an activating group) is 1. The average molecular weight is 197 g/mol. The SMILES string of the molecule is CCN1CCN(C(CN)C2CC2)CC1. The molecule has 1 aliphatic carbocycles. The lowest BCUT2D eigenvalue weighted by Crippen LogP contribution is -2.52. The van der Waals surface area contributed by atoms with E-state index in [0.717, 1.165) is 12.5 Å². The molecule has 2 rings (SSSR count). The lowest BCUT2D eigenvalue weighted by molar-refractivity contribution is 0.0929. The van der Waals surface area contributed by atoms with Gasteiger partial charge >= 0.3 is 0 Å². The molecule has 0 radical (unpaired) electrons. The lowest BCUT2D eigenvalue weighted by atomic mass is 10.1. The summed E-state index contributed by atoms with van der Waals surface area (Å²) in [6, 6.07) is 0.689. The molecule has 1 heterocycles. The van der Waals surface area contributed by atoms with Crippen LogP contribution in [0.5, 0.6) is 0 Å². The smallest absolute Gasteiger partial charge is 0.0247 e. The molecule has 82 valence electrons. The highest BCUT2D eigenvalue weighted by Gasteiger charge is 2.35. The van der Waals surface area contributed by atoms with Crippen LogP contribution in [-0.4, -0.2) is 55.1 Å². The first kappa shape index (κ1) is 10.4. The normalized spacial score (nSPS) is 27.9. The van der Waals surface area contributed by atoms with E-state index in [4.69, 9.17) is 5.73 Å². The molecule has 1 unspecified atom stereocenters. The van der Waals surface area contributed by atoms with Crippen molar-refractivity contribution in [3.05, 3.63) is 0 Å². The molecule has 2 aliphatic rings. The lowest BCUT2D eigenvalue weighted by Gasteiger charge is -2.38. The maximum Gasteiger partial charge on any atom is 0.0247 e. The second kappa shape index (κ2) is 4.60. The van der Waals surface area contributed by atoms with E-state index >= 15 is 0 Å². The average Bonchev–Trinajstić information content (AvgIpc) is 3.04. The Labute approximate surface area is 87.2 Å². The van der Waals surface area contributed by atoms with Gasteiger partial charge in [0.15, 0.2) is 0 Å². The minimum Gasteiger partial charge on any atom is -0.329 e. The predicted octanol–water partition coefficient (Wildman–Crippen LogP) is 0.361. The van der Waals surface area contributed by atoms with Crippen LogP contribution >= 0.6 is 0 Å². The van der Waals surface area contributed by atoms with E-state index in [9.17, 15) is 0 Å². The summed E-state index contributed by atoms with van der Waals surface area (Å²) >= 11 is 0. The zero-order valence-electron chi connectivity index (χ0n) is 9.28. The summed E-state index contributed by atoms with van der Waals surface area (Å²) in [7, 11) is 0. The predicted molar refractivity (Wildman–Crippen MR) is 59.3 cm³/mol. The first-order chi connectivity index (χ1) is 6.85. The zero-order valence-corrected chi connectivity index (χ0v) is 9.28. The quantitative estimate of drug-likeness (QED) is 0.706. The summed E-state index contributed by atoms with van der Waals surface area (Å²) in [5.41, 5.74) is 5.86. The highest BCUT2D eigenvalue weighted by atomic mass is 15.3. The van der Waals surface area contributed by atoms with Gasteiger partial charge in [0.05, 0.1) is 0 Å². The van der Waals surface area contributed by atoms with Gasteiger partial charge in [0.25, 0.3) is 0 Å². The van der Waals surface area contributed by atoms with E-state index in [-0.39, 0.29) is 0 Å². The van der Waals surface area contributed by atoms with Gasteiger partial charge in [0.1, 0.15) is 0 Å². The van der Waals surface area contributed by atoms with E-state index in [1.165, 1.54) is 45.6 Å². The molecule has 3 heteroatoms. The van der Waals surface area contributed by atoms with Gasteiger partial charge in [-0.05, 0) is 25.3 Å². The van der Waals surface area contributed by atoms with Gasteiger partial charge in [0.2, 0.25) is 0 Å². The number of piperazine rings is 1. The van der Waals surface area contributed by atoms with Crippen LogP contribution in [-0.2, 0) is 0 Å². The molecule has 2 N–H and O–H groups in total. The third kappa shape index (κ3) is 2.27. The van der Waals surface area contributed by atoms with Gasteiger partial charge in [0, 0.05) is 38.8 Å². The number of nitrogens with two attached hydrogens (primary N) is 1. The van der Waals surface area contributed by atoms with Crippen molar-refractivity contribution in [2.24, 2.45) is 11.7 Å². The van der Waals surface area contributed by atoms with Crippen molar-refractivity contribution in [1.29, 1.82) is 0 Å². The van der Waals surface area contributed by atoms with Crippen LogP contribution in [0.1, 0.15) is 19.8 Å². The highest BCUT2D eigenvalue weighted by Crippen LogP contribution is 2.35. The molecule has 1 saturated carbocycles. The van der Waals surface area contributed by atoms with Crippen LogP contribution in [0.25, 0.3) is 0 Å². The molecule has 0 aromatic heterocycles. The highest BCUT2D eigenvalue weighted by molar-refractivity contribution is 4.90. The molecular formula is C11H23N3. The Morgan fingerprint density at radius 3 is 2.29 bits per heavy atom. The van der Waals surface area contributed by atoms with Crippen LogP contribution in [0, 0.1) is 5.92 Å². The van der Waals surface area contributed by atoms with Gasteiger partial charge in [-0.2, -0.15) is 0 Å². The third-order valence-electron chi connectivity index (χ3n) is 3.73. The van der Waals surface area contributed by atoms with Crippen molar-refractivity contribution in [3.8, 4) is 0 Å². The van der Waals surface area contributed by atoms with Crippen molar-refractivity contribution in [2.75, 3.05) is 39.3 Å². The molecule has 1 aliphatic heterocycles. The monoisotopic (exact) mass is 197 g/mol. The molecule has 1 atom stereocenters. The van der Waals surface area contributed by atoms with Crippen LogP contribution in [0.3, 0.4) is 0 Å². The van der Waals surface area contributed by atoms with Crippen LogP contribution in [0.4, 0.5) is 0 Å². The summed E-state index contributed by atoms with van der Waals surface area (Å²) < 4.78 is 0. The maximum absolute atomic E-state index is 5.86. The fourth-order valence-corrected chi connectivity index (χ4v) is 2.53. The second-order valence-corrected chi connectivity index (χ2v) is 4.61. The van der Waals surface area contributed by atoms with Gasteiger partial charge in [-0.3, -0.25) is 4.90 Å². The van der Waals surface area contributed by atoms with E-state index in [0.29, 0.717) is 6.04 Å². The van der Waals surface area contributed by atoms with Gasteiger partial charge in [-0.25, -0.2) is 0 Å². The van der Waals surface area contributed by atoms with Gasteiger partial charge < -0.3 is 10.6 Å². The summed E-state index contributed by atoms with van der Waals surface area (Å²) in [4.78, 5) is 5.14. The third-order valence-corrected chi connectivity index (χ3v) is 3.73. The molecule has 0 bridgehead atoms. The van der Waals surface area contributed by atoms with Crippen LogP contribution < -0.4 is 5.73 Å². The Morgan fingerprint density at radius 2 is 1.86 bits per heavy atom. The summed E-state index contributed by atoms with van der Waals surface area (Å²) in [6.07, 6.45) is 2.83. The molecule has 0 amide bonds. The van der Waals surface area contributed by atoms with Crippen LogP contribution in [0.15, 0.2) is 0 Å². The van der Waals surface area contributed by atoms with Gasteiger partial charge in [-0.1, -0.05) is 6.92 Å². The topological polar surface area (TPSA) is 32.5 Å². The Bertz CT molecular complexity index is 171. The first-order valence-corrected chi connectivity index (χ1v) is 6.01. The Kier molecular flexibility index (Phi) is 3.42. The van der Waals surface area contributed by atoms with Crippen molar-refractivity contribution >= 4 is 0 Å². The molecule has 0 spiro atoms. The second-order valence-electron chi connectivity index (χ2n) is 4.61. The summed E-state index contributed by atoms with van der Waals surface area (Å²) in [5.74, 6) is 0.924. The molecule has 1 saturated heterocycles. The minimum atomic E-state index is 0.689. The Hall–Kier alpha value is -0.120. The summed E-state index contributed by atoms with van der Waals surface area (Å²) in [5, 5.41) is 0. The standard InChI is InChI=1S/C11H23N3/c1-2-13-5-7-14(8-6-13)11(9-12)10-3-4-10/h10-11H,2-9,12H2,1H3. The molecular weight excluding hydrogens is 174 g/mol. The molecule has 3 nitrogen and oxygen atoms in total. The number of rotatable bonds is 4. The Morgan fingerprint density at radius 1 is 1.21 bits per heavy atom. The fourth-order valence-electron chi connectivity index (χ4n) is 2.53. The van der Waals surface area contributed by atoms with Crippen molar-refractivity contribution in [1.82, 2.24) is 9.80 Å². The van der Waals surface area contributed by atoms with Crippen molar-refractivity contribution in [3.63, 3.8) is 0 Å². The number of hydrogen-bond acceptors (Lipinski definition) is 3.